The fourth-order valence-corrected chi connectivity index (χ4v) is 0.359. The van der Waals surface area contributed by atoms with E-state index in [0.29, 0.717) is 5.70 Å². The number of hydrogen-bond donors (Lipinski definition) is 2. The molecule has 0 saturated carbocycles. The lowest BCUT2D eigenvalue weighted by Crippen LogP contribution is -1.91. The van der Waals surface area contributed by atoms with Crippen molar-refractivity contribution in [1.82, 2.24) is 0 Å². The highest BCUT2D eigenvalue weighted by atomic mass is 16.3. The lowest BCUT2D eigenvalue weighted by Gasteiger charge is -1.90. The van der Waals surface area contributed by atoms with Gasteiger partial charge in [-0.2, -0.15) is 0 Å². The van der Waals surface area contributed by atoms with Gasteiger partial charge in [-0.3, -0.25) is 0 Å². The zero-order valence-electron chi connectivity index (χ0n) is 6.17. The Hall–Kier alpha value is -1.02. The average molecular weight is 139 g/mol. The molecule has 0 aromatic rings. The van der Waals surface area contributed by atoms with E-state index >= 15 is 0 Å². The van der Waals surface area contributed by atoms with Crippen molar-refractivity contribution in [1.29, 1.82) is 0 Å². The molecule has 10 heavy (non-hydrogen) atoms. The van der Waals surface area contributed by atoms with Crippen molar-refractivity contribution in [2.24, 2.45) is 5.73 Å². The van der Waals surface area contributed by atoms with Gasteiger partial charge in [0, 0.05) is 5.70 Å². The second kappa shape index (κ2) is 4.82. The molecule has 0 radical (unpaired) electrons. The smallest absolute Gasteiger partial charge is 0.0642 e. The summed E-state index contributed by atoms with van der Waals surface area (Å²) in [5.41, 5.74) is 6.88. The van der Waals surface area contributed by atoms with Gasteiger partial charge in [-0.1, -0.05) is 12.7 Å². The topological polar surface area (TPSA) is 46.2 Å². The van der Waals surface area contributed by atoms with Gasteiger partial charge in [-0.05, 0) is 24.6 Å². The van der Waals surface area contributed by atoms with Crippen LogP contribution in [0.2, 0.25) is 0 Å². The van der Waals surface area contributed by atoms with E-state index in [9.17, 15) is 0 Å². The first kappa shape index (κ1) is 8.98. The van der Waals surface area contributed by atoms with Crippen molar-refractivity contribution in [3.05, 3.63) is 36.1 Å². The summed E-state index contributed by atoms with van der Waals surface area (Å²) in [4.78, 5) is 0. The fraction of sp³-hybridized carbons (Fsp3) is 0.250. The largest absolute Gasteiger partial charge is 0.399 e. The molecule has 0 aliphatic heterocycles. The molecule has 0 amide bonds. The first-order valence-electron chi connectivity index (χ1n) is 3.07. The molecule has 0 saturated heterocycles. The summed E-state index contributed by atoms with van der Waals surface area (Å²) >= 11 is 0. The summed E-state index contributed by atoms with van der Waals surface area (Å²) in [6.45, 7) is 5.38. The Bertz CT molecular complexity index is 168. The Balaban J connectivity index is 4.03. The molecule has 2 heteroatoms. The van der Waals surface area contributed by atoms with Crippen LogP contribution in [0.4, 0.5) is 0 Å². The molecule has 0 atom stereocenters. The van der Waals surface area contributed by atoms with Crippen molar-refractivity contribution >= 4 is 0 Å². The van der Waals surface area contributed by atoms with E-state index in [4.69, 9.17) is 10.8 Å². The van der Waals surface area contributed by atoms with Crippen LogP contribution in [0.5, 0.6) is 0 Å². The van der Waals surface area contributed by atoms with E-state index in [-0.39, 0.29) is 6.61 Å². The minimum absolute atomic E-state index is 0.0704. The second-order valence-electron chi connectivity index (χ2n) is 2.04. The second-order valence-corrected chi connectivity index (χ2v) is 2.04. The highest BCUT2D eigenvalue weighted by Crippen LogP contribution is 1.92. The molecule has 0 spiro atoms. The molecule has 0 aromatic carbocycles. The normalized spacial score (nSPS) is 13.4. The maximum atomic E-state index is 8.56. The molecule has 3 N–H and O–H groups in total. The van der Waals surface area contributed by atoms with Crippen LogP contribution in [0, 0.1) is 0 Å². The summed E-state index contributed by atoms with van der Waals surface area (Å²) in [6, 6.07) is 0. The summed E-state index contributed by atoms with van der Waals surface area (Å²) in [6.07, 6.45) is 5.02. The molecular formula is C8H13NO. The first-order valence-corrected chi connectivity index (χ1v) is 3.07. The van der Waals surface area contributed by atoms with E-state index in [1.165, 1.54) is 0 Å². The van der Waals surface area contributed by atoms with Crippen LogP contribution in [0.25, 0.3) is 0 Å². The monoisotopic (exact) mass is 139 g/mol. The number of rotatable bonds is 3. The zero-order chi connectivity index (χ0) is 7.98. The van der Waals surface area contributed by atoms with Crippen molar-refractivity contribution in [3.63, 3.8) is 0 Å². The molecule has 0 rings (SSSR count). The van der Waals surface area contributed by atoms with Crippen LogP contribution in [-0.4, -0.2) is 11.7 Å². The van der Waals surface area contributed by atoms with Crippen molar-refractivity contribution in [3.8, 4) is 0 Å². The average Bonchev–Trinajstić information content (AvgIpc) is 1.99. The predicted octanol–water partition coefficient (Wildman–Crippen LogP) is 0.954. The molecule has 0 aromatic heterocycles. The maximum Gasteiger partial charge on any atom is 0.0642 e. The van der Waals surface area contributed by atoms with Gasteiger partial charge in [0.05, 0.1) is 6.61 Å². The number of hydrogen-bond acceptors (Lipinski definition) is 2. The van der Waals surface area contributed by atoms with E-state index < -0.39 is 0 Å². The van der Waals surface area contributed by atoms with Gasteiger partial charge < -0.3 is 10.8 Å². The van der Waals surface area contributed by atoms with Crippen LogP contribution in [-0.2, 0) is 0 Å². The number of aliphatic hydroxyl groups is 1. The van der Waals surface area contributed by atoms with Gasteiger partial charge in [-0.15, -0.1) is 0 Å². The molecule has 0 bridgehead atoms. The van der Waals surface area contributed by atoms with Crippen molar-refractivity contribution in [2.75, 3.05) is 6.61 Å². The quantitative estimate of drug-likeness (QED) is 0.572. The Labute approximate surface area is 61.4 Å². The van der Waals surface area contributed by atoms with Crippen LogP contribution < -0.4 is 5.73 Å². The summed E-state index contributed by atoms with van der Waals surface area (Å²) in [5.74, 6) is 0. The van der Waals surface area contributed by atoms with Crippen LogP contribution >= 0.6 is 0 Å². The minimum atomic E-state index is 0.0704. The molecule has 56 valence electrons. The molecule has 0 heterocycles. The van der Waals surface area contributed by atoms with Gasteiger partial charge in [0.25, 0.3) is 0 Å². The summed E-state index contributed by atoms with van der Waals surface area (Å²) in [5, 5.41) is 8.56. The number of allylic oxidation sites excluding steroid dienone is 3. The predicted molar refractivity (Wildman–Crippen MR) is 43.3 cm³/mol. The van der Waals surface area contributed by atoms with Crippen LogP contribution in [0.1, 0.15) is 6.92 Å². The van der Waals surface area contributed by atoms with Crippen molar-refractivity contribution < 1.29 is 5.11 Å². The number of aliphatic hydroxyl groups excluding tert-OH is 1. The molecule has 0 aliphatic rings. The first-order chi connectivity index (χ1) is 4.70. The minimum Gasteiger partial charge on any atom is -0.399 e. The van der Waals surface area contributed by atoms with Gasteiger partial charge in [0.2, 0.25) is 0 Å². The highest BCUT2D eigenvalue weighted by molar-refractivity contribution is 5.21. The molecule has 0 unspecified atom stereocenters. The van der Waals surface area contributed by atoms with Gasteiger partial charge >= 0.3 is 0 Å². The molecule has 0 fully saturated rings. The third-order valence-corrected chi connectivity index (χ3v) is 1.05. The molecular weight excluding hydrogens is 126 g/mol. The van der Waals surface area contributed by atoms with Crippen LogP contribution in [0.3, 0.4) is 0 Å². The van der Waals surface area contributed by atoms with Gasteiger partial charge in [0.15, 0.2) is 0 Å². The molecule has 0 aliphatic carbocycles. The Morgan fingerprint density at radius 3 is 2.60 bits per heavy atom. The van der Waals surface area contributed by atoms with Gasteiger partial charge in [0.1, 0.15) is 0 Å². The summed E-state index contributed by atoms with van der Waals surface area (Å²) < 4.78 is 0. The zero-order valence-corrected chi connectivity index (χ0v) is 6.17. The Kier molecular flexibility index (Phi) is 4.33. The standard InChI is InChI=1S/C8H13NO/c1-3-8(9)5-4-7(2)6-10/h3-5,10H,1,6,9H2,2H3/b7-4+,8-5+. The lowest BCUT2D eigenvalue weighted by molar-refractivity contribution is 0.331. The third-order valence-electron chi connectivity index (χ3n) is 1.05. The maximum absolute atomic E-state index is 8.56. The van der Waals surface area contributed by atoms with Crippen LogP contribution in [0.15, 0.2) is 36.1 Å². The van der Waals surface area contributed by atoms with E-state index in [1.807, 2.05) is 6.92 Å². The summed E-state index contributed by atoms with van der Waals surface area (Å²) in [7, 11) is 0. The van der Waals surface area contributed by atoms with Gasteiger partial charge in [-0.25, -0.2) is 0 Å². The fourth-order valence-electron chi connectivity index (χ4n) is 0.359. The highest BCUT2D eigenvalue weighted by Gasteiger charge is 1.81. The van der Waals surface area contributed by atoms with E-state index in [1.54, 1.807) is 18.2 Å². The lowest BCUT2D eigenvalue weighted by atomic mass is 10.3. The third kappa shape index (κ3) is 3.92. The van der Waals surface area contributed by atoms with E-state index in [0.717, 1.165) is 5.57 Å². The Morgan fingerprint density at radius 1 is 1.60 bits per heavy atom. The SMILES string of the molecule is C=C/C(N)=C\C=C(/C)CO. The number of nitrogens with two attached hydrogens (primary N) is 1. The molecule has 2 nitrogen and oxygen atoms in total. The van der Waals surface area contributed by atoms with Crippen molar-refractivity contribution in [2.45, 2.75) is 6.92 Å². The Morgan fingerprint density at radius 2 is 2.20 bits per heavy atom. The van der Waals surface area contributed by atoms with E-state index in [2.05, 4.69) is 6.58 Å².